The molecule has 0 radical (unpaired) electrons. The van der Waals surface area contributed by atoms with Gasteiger partial charge in [-0.2, -0.15) is 0 Å². The van der Waals surface area contributed by atoms with Crippen LogP contribution in [0.4, 0.5) is 0 Å². The number of fused-ring (bicyclic) bond motifs is 2. The highest BCUT2D eigenvalue weighted by Gasteiger charge is 2.65. The first-order chi connectivity index (χ1) is 11.2. The molecule has 24 heavy (non-hydrogen) atoms. The lowest BCUT2D eigenvalue weighted by Crippen LogP contribution is -2.45. The van der Waals surface area contributed by atoms with Gasteiger partial charge in [0.05, 0.1) is 5.75 Å². The summed E-state index contributed by atoms with van der Waals surface area (Å²) < 4.78 is 27.7. The number of amides is 1. The maximum absolute atomic E-state index is 12.5. The highest BCUT2D eigenvalue weighted by atomic mass is 32.2. The molecule has 1 saturated heterocycles. The maximum Gasteiger partial charge on any atom is 0.222 e. The van der Waals surface area contributed by atoms with Crippen molar-refractivity contribution in [2.24, 2.45) is 16.7 Å². The zero-order chi connectivity index (χ0) is 17.6. The normalized spacial score (nSPS) is 32.1. The Kier molecular flexibility index (Phi) is 4.53. The predicted molar refractivity (Wildman–Crippen MR) is 90.8 cm³/mol. The van der Waals surface area contributed by atoms with Crippen molar-refractivity contribution >= 4 is 21.7 Å². The second-order valence-corrected chi connectivity index (χ2v) is 9.96. The zero-order valence-corrected chi connectivity index (χ0v) is 15.5. The van der Waals surface area contributed by atoms with Gasteiger partial charge in [0.25, 0.3) is 0 Å². The molecule has 136 valence electrons. The summed E-state index contributed by atoms with van der Waals surface area (Å²) in [4.78, 5) is 25.8. The second kappa shape index (κ2) is 6.09. The number of likely N-dealkylation sites (tertiary alicyclic amines) is 1. The van der Waals surface area contributed by atoms with Gasteiger partial charge >= 0.3 is 0 Å². The molecule has 2 bridgehead atoms. The van der Waals surface area contributed by atoms with Crippen LogP contribution in [0.5, 0.6) is 0 Å². The van der Waals surface area contributed by atoms with Gasteiger partial charge in [-0.3, -0.25) is 9.59 Å². The number of rotatable bonds is 7. The standard InChI is InChI=1S/C17H28N2O4S/c1-16(2)13-6-7-17(16,14(20)11-13)12-24(22,23)18-8-4-10-19-9-3-5-15(19)21/h13,18H,3-12H2,1-2H3/t13-,17-/m0/s1. The van der Waals surface area contributed by atoms with E-state index in [1.165, 1.54) is 0 Å². The van der Waals surface area contributed by atoms with Gasteiger partial charge in [-0.15, -0.1) is 0 Å². The van der Waals surface area contributed by atoms with Crippen LogP contribution in [-0.4, -0.2) is 50.4 Å². The molecular weight excluding hydrogens is 328 g/mol. The molecule has 3 fully saturated rings. The van der Waals surface area contributed by atoms with Gasteiger partial charge in [-0.1, -0.05) is 13.8 Å². The van der Waals surface area contributed by atoms with Crippen molar-refractivity contribution < 1.29 is 18.0 Å². The fourth-order valence-corrected chi connectivity index (χ4v) is 6.81. The molecule has 1 aliphatic heterocycles. The van der Waals surface area contributed by atoms with Crippen molar-refractivity contribution in [3.05, 3.63) is 0 Å². The summed E-state index contributed by atoms with van der Waals surface area (Å²) in [5.74, 6) is 0.510. The van der Waals surface area contributed by atoms with E-state index in [0.717, 1.165) is 19.4 Å². The number of carbonyl (C=O) groups is 2. The number of nitrogens with one attached hydrogen (secondary N) is 1. The van der Waals surface area contributed by atoms with E-state index in [4.69, 9.17) is 0 Å². The highest BCUT2D eigenvalue weighted by Crippen LogP contribution is 2.64. The summed E-state index contributed by atoms with van der Waals surface area (Å²) in [6.07, 6.45) is 4.27. The molecule has 1 amide bonds. The fourth-order valence-electron chi connectivity index (χ4n) is 4.92. The SMILES string of the molecule is CC1(C)[C@H]2CC[C@]1(CS(=O)(=O)NCCCN1CCCC1=O)C(=O)C2. The summed E-state index contributed by atoms with van der Waals surface area (Å²) in [6, 6.07) is 0. The third-order valence-electron chi connectivity index (χ3n) is 6.67. The first-order valence-corrected chi connectivity index (χ1v) is 10.6. The summed E-state index contributed by atoms with van der Waals surface area (Å²) in [6.45, 7) is 5.78. The Bertz CT molecular complexity index is 643. The second-order valence-electron chi connectivity index (χ2n) is 8.16. The minimum Gasteiger partial charge on any atom is -0.343 e. The number of Topliss-reactive ketones (excluding diaryl/α,β-unsaturated/α-hetero) is 1. The van der Waals surface area contributed by atoms with E-state index < -0.39 is 15.4 Å². The Morgan fingerprint density at radius 2 is 2.04 bits per heavy atom. The van der Waals surface area contributed by atoms with Gasteiger partial charge in [0.2, 0.25) is 15.9 Å². The number of carbonyl (C=O) groups excluding carboxylic acids is 2. The Balaban J connectivity index is 1.54. The largest absolute Gasteiger partial charge is 0.343 e. The lowest BCUT2D eigenvalue weighted by molar-refractivity contribution is -0.128. The van der Waals surface area contributed by atoms with Crippen molar-refractivity contribution in [3.8, 4) is 0 Å². The fraction of sp³-hybridized carbons (Fsp3) is 0.882. The third kappa shape index (κ3) is 2.90. The van der Waals surface area contributed by atoms with Gasteiger partial charge in [-0.05, 0) is 37.0 Å². The van der Waals surface area contributed by atoms with Crippen molar-refractivity contribution in [1.82, 2.24) is 9.62 Å². The Morgan fingerprint density at radius 1 is 1.29 bits per heavy atom. The molecule has 1 heterocycles. The van der Waals surface area contributed by atoms with E-state index in [1.807, 2.05) is 13.8 Å². The lowest BCUT2D eigenvalue weighted by atomic mass is 9.70. The van der Waals surface area contributed by atoms with Crippen LogP contribution in [0.25, 0.3) is 0 Å². The van der Waals surface area contributed by atoms with Crippen LogP contribution in [0.1, 0.15) is 52.4 Å². The molecule has 0 aromatic rings. The van der Waals surface area contributed by atoms with Gasteiger partial charge in [0, 0.05) is 37.9 Å². The summed E-state index contributed by atoms with van der Waals surface area (Å²) >= 11 is 0. The predicted octanol–water partition coefficient (Wildman–Crippen LogP) is 1.31. The van der Waals surface area contributed by atoms with E-state index in [0.29, 0.717) is 44.7 Å². The number of hydrogen-bond acceptors (Lipinski definition) is 4. The maximum atomic E-state index is 12.5. The van der Waals surface area contributed by atoms with Gasteiger partial charge < -0.3 is 4.90 Å². The Morgan fingerprint density at radius 3 is 2.58 bits per heavy atom. The van der Waals surface area contributed by atoms with Gasteiger partial charge in [0.15, 0.2) is 0 Å². The first kappa shape index (κ1) is 17.9. The van der Waals surface area contributed by atoms with Crippen LogP contribution in [0.15, 0.2) is 0 Å². The number of sulfonamides is 1. The van der Waals surface area contributed by atoms with E-state index in [9.17, 15) is 18.0 Å². The van der Waals surface area contributed by atoms with Crippen LogP contribution in [0.2, 0.25) is 0 Å². The smallest absolute Gasteiger partial charge is 0.222 e. The topological polar surface area (TPSA) is 83.6 Å². The van der Waals surface area contributed by atoms with E-state index >= 15 is 0 Å². The van der Waals surface area contributed by atoms with Gasteiger partial charge in [-0.25, -0.2) is 13.1 Å². The van der Waals surface area contributed by atoms with E-state index in [2.05, 4.69) is 4.72 Å². The van der Waals surface area contributed by atoms with Crippen molar-refractivity contribution in [3.63, 3.8) is 0 Å². The monoisotopic (exact) mass is 356 g/mol. The van der Waals surface area contributed by atoms with Crippen molar-refractivity contribution in [2.45, 2.75) is 52.4 Å². The highest BCUT2D eigenvalue weighted by molar-refractivity contribution is 7.89. The molecule has 3 aliphatic rings. The lowest BCUT2D eigenvalue weighted by Gasteiger charge is -2.36. The third-order valence-corrected chi connectivity index (χ3v) is 8.19. The first-order valence-electron chi connectivity index (χ1n) is 8.96. The van der Waals surface area contributed by atoms with Crippen molar-refractivity contribution in [2.75, 3.05) is 25.4 Å². The average Bonchev–Trinajstić information content (AvgIpc) is 3.05. The van der Waals surface area contributed by atoms with Crippen LogP contribution < -0.4 is 4.72 Å². The molecule has 6 nitrogen and oxygen atoms in total. The van der Waals surface area contributed by atoms with Crippen LogP contribution in [0, 0.1) is 16.7 Å². The molecule has 2 saturated carbocycles. The number of hydrogen-bond donors (Lipinski definition) is 1. The Hall–Kier alpha value is -0.950. The summed E-state index contributed by atoms with van der Waals surface area (Å²) in [5.41, 5.74) is -0.949. The van der Waals surface area contributed by atoms with Crippen LogP contribution >= 0.6 is 0 Å². The van der Waals surface area contributed by atoms with E-state index in [-0.39, 0.29) is 22.9 Å². The van der Waals surface area contributed by atoms with E-state index in [1.54, 1.807) is 4.90 Å². The molecular formula is C17H28N2O4S. The molecule has 0 spiro atoms. The average molecular weight is 356 g/mol. The molecule has 3 rings (SSSR count). The number of nitrogens with zero attached hydrogens (tertiary/aromatic N) is 1. The molecule has 1 N–H and O–H groups in total. The molecule has 2 aliphatic carbocycles. The Labute approximate surface area is 144 Å². The number of ketones is 1. The molecule has 0 unspecified atom stereocenters. The van der Waals surface area contributed by atoms with Crippen LogP contribution in [0.3, 0.4) is 0 Å². The summed E-state index contributed by atoms with van der Waals surface area (Å²) in [5, 5.41) is 0. The minimum atomic E-state index is -3.50. The molecule has 7 heteroatoms. The van der Waals surface area contributed by atoms with Crippen LogP contribution in [-0.2, 0) is 19.6 Å². The molecule has 0 aromatic heterocycles. The van der Waals surface area contributed by atoms with Gasteiger partial charge in [0.1, 0.15) is 5.78 Å². The quantitative estimate of drug-likeness (QED) is 0.697. The minimum absolute atomic E-state index is 0.0923. The summed E-state index contributed by atoms with van der Waals surface area (Å²) in [7, 11) is -3.50. The van der Waals surface area contributed by atoms with Crippen molar-refractivity contribution in [1.29, 1.82) is 0 Å². The molecule has 0 aromatic carbocycles. The zero-order valence-electron chi connectivity index (χ0n) is 14.6. The molecule has 2 atom stereocenters.